The Morgan fingerprint density at radius 1 is 1.40 bits per heavy atom. The zero-order valence-corrected chi connectivity index (χ0v) is 9.92. The van der Waals surface area contributed by atoms with Crippen LogP contribution in [-0.2, 0) is 9.53 Å². The normalized spacial score (nSPS) is 12.1. The summed E-state index contributed by atoms with van der Waals surface area (Å²) in [6.45, 7) is 3.37. The van der Waals surface area contributed by atoms with Gasteiger partial charge in [-0.1, -0.05) is 18.2 Å². The van der Waals surface area contributed by atoms with Crippen LogP contribution in [0.2, 0.25) is 0 Å². The first kappa shape index (κ1) is 12.1. The molecule has 0 aliphatic rings. The maximum Gasteiger partial charge on any atom is 0.302 e. The Balaban J connectivity index is 2.19. The molecule has 0 saturated heterocycles. The summed E-state index contributed by atoms with van der Waals surface area (Å²) in [6.07, 6.45) is 0.901. The fraction of sp³-hybridized carbons (Fsp3) is 0.417. The molecule has 0 spiro atoms. The minimum absolute atomic E-state index is 0.0127. The summed E-state index contributed by atoms with van der Waals surface area (Å²) in [6, 6.07) is 10.2. The predicted molar refractivity (Wildman–Crippen MR) is 63.0 cm³/mol. The van der Waals surface area contributed by atoms with Gasteiger partial charge in [-0.2, -0.15) is 0 Å². The van der Waals surface area contributed by atoms with E-state index < -0.39 is 0 Å². The highest BCUT2D eigenvalue weighted by molar-refractivity contribution is 7.99. The molecule has 1 rings (SSSR count). The predicted octanol–water partition coefficient (Wildman–Crippen LogP) is 3.12. The van der Waals surface area contributed by atoms with Crippen LogP contribution in [0.4, 0.5) is 0 Å². The third-order valence-electron chi connectivity index (χ3n) is 1.90. The van der Waals surface area contributed by atoms with E-state index in [0.29, 0.717) is 0 Å². The lowest BCUT2D eigenvalue weighted by Crippen LogP contribution is -2.12. The maximum atomic E-state index is 10.7. The average molecular weight is 224 g/mol. The van der Waals surface area contributed by atoms with Gasteiger partial charge >= 0.3 is 5.97 Å². The minimum Gasteiger partial charge on any atom is -0.463 e. The van der Waals surface area contributed by atoms with Gasteiger partial charge in [0.25, 0.3) is 0 Å². The molecular weight excluding hydrogens is 208 g/mol. The Morgan fingerprint density at radius 2 is 2.07 bits per heavy atom. The van der Waals surface area contributed by atoms with E-state index >= 15 is 0 Å². The number of ether oxygens (including phenoxy) is 1. The van der Waals surface area contributed by atoms with Gasteiger partial charge in [-0.15, -0.1) is 11.8 Å². The zero-order valence-electron chi connectivity index (χ0n) is 9.10. The van der Waals surface area contributed by atoms with Gasteiger partial charge < -0.3 is 4.74 Å². The van der Waals surface area contributed by atoms with E-state index in [-0.39, 0.29) is 12.1 Å². The molecule has 15 heavy (non-hydrogen) atoms. The summed E-state index contributed by atoms with van der Waals surface area (Å²) in [5.41, 5.74) is 0. The van der Waals surface area contributed by atoms with Crippen LogP contribution >= 0.6 is 11.8 Å². The van der Waals surface area contributed by atoms with Crippen LogP contribution in [0.5, 0.6) is 0 Å². The van der Waals surface area contributed by atoms with Crippen LogP contribution in [-0.4, -0.2) is 17.8 Å². The lowest BCUT2D eigenvalue weighted by atomic mass is 10.3. The Bertz CT molecular complexity index is 298. The Labute approximate surface area is 95.0 Å². The van der Waals surface area contributed by atoms with E-state index in [9.17, 15) is 4.79 Å². The van der Waals surface area contributed by atoms with Crippen molar-refractivity contribution >= 4 is 17.7 Å². The van der Waals surface area contributed by atoms with Crippen molar-refractivity contribution in [3.05, 3.63) is 30.3 Å². The molecule has 0 N–H and O–H groups in total. The van der Waals surface area contributed by atoms with Crippen molar-refractivity contribution in [2.24, 2.45) is 0 Å². The second-order valence-electron chi connectivity index (χ2n) is 3.37. The summed E-state index contributed by atoms with van der Waals surface area (Å²) in [5, 5.41) is 0. The minimum atomic E-state index is -0.202. The van der Waals surface area contributed by atoms with Gasteiger partial charge in [-0.05, 0) is 25.5 Å². The van der Waals surface area contributed by atoms with Gasteiger partial charge in [-0.3, -0.25) is 4.79 Å². The summed E-state index contributed by atoms with van der Waals surface area (Å²) in [7, 11) is 0. The number of thioether (sulfide) groups is 1. The van der Waals surface area contributed by atoms with Gasteiger partial charge in [0.05, 0.1) is 6.10 Å². The standard InChI is InChI=1S/C12H16O2S/c1-10(14-11(2)13)8-9-15-12-6-4-3-5-7-12/h3-7,10H,8-9H2,1-2H3/t10-/m1/s1. The Hall–Kier alpha value is -0.960. The Morgan fingerprint density at radius 3 is 2.67 bits per heavy atom. The molecular formula is C12H16O2S. The molecule has 1 aromatic carbocycles. The monoisotopic (exact) mass is 224 g/mol. The largest absolute Gasteiger partial charge is 0.463 e. The van der Waals surface area contributed by atoms with Gasteiger partial charge in [0, 0.05) is 17.6 Å². The first-order valence-electron chi connectivity index (χ1n) is 5.03. The highest BCUT2D eigenvalue weighted by Gasteiger charge is 2.04. The van der Waals surface area contributed by atoms with Crippen molar-refractivity contribution in [1.82, 2.24) is 0 Å². The molecule has 1 aromatic rings. The smallest absolute Gasteiger partial charge is 0.302 e. The lowest BCUT2D eigenvalue weighted by molar-refractivity contribution is -0.145. The van der Waals surface area contributed by atoms with Crippen molar-refractivity contribution in [2.75, 3.05) is 5.75 Å². The first-order valence-corrected chi connectivity index (χ1v) is 6.02. The molecule has 0 bridgehead atoms. The number of hydrogen-bond donors (Lipinski definition) is 0. The van der Waals surface area contributed by atoms with Crippen LogP contribution in [0, 0.1) is 0 Å². The number of carbonyl (C=O) groups is 1. The summed E-state index contributed by atoms with van der Waals surface area (Å²) in [5.74, 6) is 0.769. The van der Waals surface area contributed by atoms with Crippen molar-refractivity contribution in [2.45, 2.75) is 31.3 Å². The zero-order chi connectivity index (χ0) is 11.1. The van der Waals surface area contributed by atoms with Crippen molar-refractivity contribution in [3.63, 3.8) is 0 Å². The molecule has 82 valence electrons. The number of esters is 1. The third kappa shape index (κ3) is 5.47. The van der Waals surface area contributed by atoms with Crippen LogP contribution < -0.4 is 0 Å². The van der Waals surface area contributed by atoms with Gasteiger partial charge in [-0.25, -0.2) is 0 Å². The number of hydrogen-bond acceptors (Lipinski definition) is 3. The topological polar surface area (TPSA) is 26.3 Å². The van der Waals surface area contributed by atoms with E-state index in [1.807, 2.05) is 25.1 Å². The third-order valence-corrected chi connectivity index (χ3v) is 2.95. The molecule has 0 aromatic heterocycles. The van der Waals surface area contributed by atoms with E-state index in [0.717, 1.165) is 12.2 Å². The Kier molecular flexibility index (Phi) is 5.26. The van der Waals surface area contributed by atoms with Crippen molar-refractivity contribution in [3.8, 4) is 0 Å². The molecule has 0 unspecified atom stereocenters. The number of carbonyl (C=O) groups excluding carboxylic acids is 1. The molecule has 0 radical (unpaired) electrons. The van der Waals surface area contributed by atoms with Gasteiger partial charge in [0.1, 0.15) is 0 Å². The van der Waals surface area contributed by atoms with Crippen molar-refractivity contribution < 1.29 is 9.53 Å². The lowest BCUT2D eigenvalue weighted by Gasteiger charge is -2.10. The second kappa shape index (κ2) is 6.51. The fourth-order valence-electron chi connectivity index (χ4n) is 1.20. The van der Waals surface area contributed by atoms with E-state index in [2.05, 4.69) is 12.1 Å². The molecule has 0 saturated carbocycles. The highest BCUT2D eigenvalue weighted by atomic mass is 32.2. The quantitative estimate of drug-likeness (QED) is 0.568. The molecule has 0 fully saturated rings. The molecule has 0 heterocycles. The SMILES string of the molecule is CC(=O)O[C@H](C)CCSc1ccccc1. The molecule has 0 aliphatic heterocycles. The van der Waals surface area contributed by atoms with Gasteiger partial charge in [0.15, 0.2) is 0 Å². The molecule has 3 heteroatoms. The van der Waals surface area contributed by atoms with Crippen LogP contribution in [0.3, 0.4) is 0 Å². The number of rotatable bonds is 5. The maximum absolute atomic E-state index is 10.7. The molecule has 2 nitrogen and oxygen atoms in total. The molecule has 1 atom stereocenters. The average Bonchev–Trinajstić information content (AvgIpc) is 2.18. The van der Waals surface area contributed by atoms with Crippen LogP contribution in [0.25, 0.3) is 0 Å². The van der Waals surface area contributed by atoms with E-state index in [1.165, 1.54) is 11.8 Å². The number of benzene rings is 1. The summed E-state index contributed by atoms with van der Waals surface area (Å²) >= 11 is 1.78. The first-order chi connectivity index (χ1) is 7.18. The van der Waals surface area contributed by atoms with Crippen LogP contribution in [0.15, 0.2) is 35.2 Å². The molecule has 0 aliphatic carbocycles. The van der Waals surface area contributed by atoms with Crippen molar-refractivity contribution in [1.29, 1.82) is 0 Å². The van der Waals surface area contributed by atoms with E-state index in [4.69, 9.17) is 4.74 Å². The highest BCUT2D eigenvalue weighted by Crippen LogP contribution is 2.18. The van der Waals surface area contributed by atoms with E-state index in [1.54, 1.807) is 11.8 Å². The fourth-order valence-corrected chi connectivity index (χ4v) is 2.24. The molecule has 0 amide bonds. The van der Waals surface area contributed by atoms with Gasteiger partial charge in [0.2, 0.25) is 0 Å². The summed E-state index contributed by atoms with van der Waals surface area (Å²) < 4.78 is 5.04. The second-order valence-corrected chi connectivity index (χ2v) is 4.54. The summed E-state index contributed by atoms with van der Waals surface area (Å²) in [4.78, 5) is 11.9. The van der Waals surface area contributed by atoms with Crippen LogP contribution in [0.1, 0.15) is 20.3 Å².